The van der Waals surface area contributed by atoms with Crippen molar-refractivity contribution in [3.63, 3.8) is 0 Å². The van der Waals surface area contributed by atoms with Gasteiger partial charge >= 0.3 is 5.97 Å². The lowest BCUT2D eigenvalue weighted by Crippen LogP contribution is -2.05. The second kappa shape index (κ2) is 6.25. The molecule has 0 aliphatic carbocycles. The number of ether oxygens (including phenoxy) is 1. The maximum atomic E-state index is 13.7. The summed E-state index contributed by atoms with van der Waals surface area (Å²) in [5.41, 5.74) is 1.17. The van der Waals surface area contributed by atoms with Crippen molar-refractivity contribution in [2.75, 3.05) is 6.61 Å². The van der Waals surface area contributed by atoms with E-state index in [0.717, 1.165) is 6.07 Å². The summed E-state index contributed by atoms with van der Waals surface area (Å²) >= 11 is 12.0. The summed E-state index contributed by atoms with van der Waals surface area (Å²) in [5, 5.41) is 0.681. The number of rotatable bonds is 3. The van der Waals surface area contributed by atoms with Crippen LogP contribution in [-0.4, -0.2) is 12.6 Å². The van der Waals surface area contributed by atoms with E-state index in [-0.39, 0.29) is 12.2 Å². The van der Waals surface area contributed by atoms with Crippen LogP contribution in [0.3, 0.4) is 0 Å². The van der Waals surface area contributed by atoms with Crippen LogP contribution in [0.5, 0.6) is 0 Å². The predicted octanol–water partition coefficient (Wildman–Crippen LogP) is 4.98. The van der Waals surface area contributed by atoms with Crippen LogP contribution in [0, 0.1) is 5.82 Å². The number of halogens is 3. The minimum Gasteiger partial charge on any atom is -0.462 e. The summed E-state index contributed by atoms with van der Waals surface area (Å²) in [5.74, 6) is -1.12. The summed E-state index contributed by atoms with van der Waals surface area (Å²) in [6.07, 6.45) is 0. The van der Waals surface area contributed by atoms with E-state index >= 15 is 0 Å². The van der Waals surface area contributed by atoms with E-state index in [1.165, 1.54) is 12.1 Å². The lowest BCUT2D eigenvalue weighted by Gasteiger charge is -2.08. The summed E-state index contributed by atoms with van der Waals surface area (Å²) in [6.45, 7) is 1.91. The van der Waals surface area contributed by atoms with E-state index in [1.807, 2.05) is 0 Å². The molecule has 0 saturated heterocycles. The molecule has 0 saturated carbocycles. The normalized spacial score (nSPS) is 10.4. The first-order valence-corrected chi connectivity index (χ1v) is 6.70. The van der Waals surface area contributed by atoms with Gasteiger partial charge in [-0.05, 0) is 36.8 Å². The van der Waals surface area contributed by atoms with Crippen molar-refractivity contribution in [1.29, 1.82) is 0 Å². The molecule has 0 aliphatic heterocycles. The Morgan fingerprint density at radius 1 is 1.25 bits per heavy atom. The molecule has 0 spiro atoms. The second-order valence-corrected chi connectivity index (χ2v) is 4.84. The highest BCUT2D eigenvalue weighted by Gasteiger charge is 2.13. The number of hydrogen-bond donors (Lipinski definition) is 0. The number of esters is 1. The number of hydrogen-bond acceptors (Lipinski definition) is 2. The molecule has 0 aromatic heterocycles. The molecule has 2 nitrogen and oxygen atoms in total. The van der Waals surface area contributed by atoms with Crippen LogP contribution in [-0.2, 0) is 4.74 Å². The quantitative estimate of drug-likeness (QED) is 0.747. The summed E-state index contributed by atoms with van der Waals surface area (Å²) in [6, 6.07) is 8.99. The average molecular weight is 313 g/mol. The molecular weight excluding hydrogens is 302 g/mol. The zero-order valence-electron chi connectivity index (χ0n) is 10.6. The van der Waals surface area contributed by atoms with Crippen LogP contribution in [0.15, 0.2) is 36.4 Å². The predicted molar refractivity (Wildman–Crippen MR) is 77.8 cm³/mol. The fraction of sp³-hybridized carbons (Fsp3) is 0.133. The van der Waals surface area contributed by atoms with Gasteiger partial charge < -0.3 is 4.74 Å². The highest BCUT2D eigenvalue weighted by atomic mass is 35.5. The van der Waals surface area contributed by atoms with Gasteiger partial charge in [-0.15, -0.1) is 0 Å². The van der Waals surface area contributed by atoms with Gasteiger partial charge in [-0.2, -0.15) is 0 Å². The van der Waals surface area contributed by atoms with Gasteiger partial charge in [0.25, 0.3) is 0 Å². The molecule has 0 bridgehead atoms. The Kier molecular flexibility index (Phi) is 4.63. The highest BCUT2D eigenvalue weighted by Crippen LogP contribution is 2.34. The molecule has 2 rings (SSSR count). The maximum Gasteiger partial charge on any atom is 0.338 e. The van der Waals surface area contributed by atoms with E-state index < -0.39 is 11.8 Å². The van der Waals surface area contributed by atoms with Crippen molar-refractivity contribution in [2.24, 2.45) is 0 Å². The number of carbonyl (C=O) groups is 1. The lowest BCUT2D eigenvalue weighted by molar-refractivity contribution is 0.0526. The Balaban J connectivity index is 2.52. The monoisotopic (exact) mass is 312 g/mol. The van der Waals surface area contributed by atoms with Gasteiger partial charge in [-0.3, -0.25) is 0 Å². The van der Waals surface area contributed by atoms with Gasteiger partial charge in [0.2, 0.25) is 0 Å². The molecule has 0 amide bonds. The van der Waals surface area contributed by atoms with Crippen LogP contribution < -0.4 is 0 Å². The van der Waals surface area contributed by atoms with E-state index in [2.05, 4.69) is 0 Å². The maximum absolute atomic E-state index is 13.7. The molecular formula is C15H11Cl2FO2. The SMILES string of the molecule is CCOC(=O)c1cc(F)cc(-c2cccc(Cl)c2Cl)c1. The Morgan fingerprint density at radius 2 is 2.00 bits per heavy atom. The molecule has 0 fully saturated rings. The van der Waals surface area contributed by atoms with Gasteiger partial charge in [-0.1, -0.05) is 35.3 Å². The first-order valence-electron chi connectivity index (χ1n) is 5.95. The Labute approximate surface area is 126 Å². The zero-order chi connectivity index (χ0) is 14.7. The molecule has 0 unspecified atom stereocenters. The summed E-state index contributed by atoms with van der Waals surface area (Å²) < 4.78 is 18.5. The van der Waals surface area contributed by atoms with Gasteiger partial charge in [0.1, 0.15) is 5.82 Å². The minimum absolute atomic E-state index is 0.137. The van der Waals surface area contributed by atoms with Gasteiger partial charge in [0, 0.05) is 5.56 Å². The first-order chi connectivity index (χ1) is 9.52. The van der Waals surface area contributed by atoms with Crippen molar-refractivity contribution in [3.05, 3.63) is 57.8 Å². The molecule has 0 atom stereocenters. The molecule has 5 heteroatoms. The smallest absolute Gasteiger partial charge is 0.338 e. The molecule has 2 aromatic rings. The topological polar surface area (TPSA) is 26.3 Å². The molecule has 0 N–H and O–H groups in total. The van der Waals surface area contributed by atoms with E-state index in [9.17, 15) is 9.18 Å². The third-order valence-corrected chi connectivity index (χ3v) is 3.49. The third-order valence-electron chi connectivity index (χ3n) is 2.67. The molecule has 104 valence electrons. The van der Waals surface area contributed by atoms with Crippen LogP contribution in [0.1, 0.15) is 17.3 Å². The number of carbonyl (C=O) groups excluding carboxylic acids is 1. The molecule has 0 radical (unpaired) electrons. The van der Waals surface area contributed by atoms with Crippen molar-refractivity contribution >= 4 is 29.2 Å². The fourth-order valence-electron chi connectivity index (χ4n) is 1.80. The Morgan fingerprint density at radius 3 is 2.70 bits per heavy atom. The van der Waals surface area contributed by atoms with Crippen LogP contribution in [0.2, 0.25) is 10.0 Å². The molecule has 0 heterocycles. The minimum atomic E-state index is -0.577. The van der Waals surface area contributed by atoms with E-state index in [1.54, 1.807) is 25.1 Å². The molecule has 20 heavy (non-hydrogen) atoms. The Bertz CT molecular complexity index is 656. The second-order valence-electron chi connectivity index (χ2n) is 4.05. The van der Waals surface area contributed by atoms with Crippen molar-refractivity contribution in [3.8, 4) is 11.1 Å². The lowest BCUT2D eigenvalue weighted by atomic mass is 10.0. The molecule has 0 aliphatic rings. The number of benzene rings is 2. The van der Waals surface area contributed by atoms with E-state index in [4.69, 9.17) is 27.9 Å². The summed E-state index contributed by atoms with van der Waals surface area (Å²) in [7, 11) is 0. The largest absolute Gasteiger partial charge is 0.462 e. The van der Waals surface area contributed by atoms with Crippen LogP contribution in [0.4, 0.5) is 4.39 Å². The standard InChI is InChI=1S/C15H11Cl2FO2/c1-2-20-15(19)10-6-9(7-11(18)8-10)12-4-3-5-13(16)14(12)17/h3-8H,2H2,1H3. The molecule has 2 aromatic carbocycles. The average Bonchev–Trinajstić information content (AvgIpc) is 2.41. The zero-order valence-corrected chi connectivity index (χ0v) is 12.1. The Hall–Kier alpha value is -1.58. The summed E-state index contributed by atoms with van der Waals surface area (Å²) in [4.78, 5) is 11.7. The first kappa shape index (κ1) is 14.8. The van der Waals surface area contributed by atoms with Gasteiger partial charge in [0.05, 0.1) is 22.2 Å². The fourth-order valence-corrected chi connectivity index (χ4v) is 2.21. The van der Waals surface area contributed by atoms with Crippen molar-refractivity contribution < 1.29 is 13.9 Å². The van der Waals surface area contributed by atoms with Gasteiger partial charge in [-0.25, -0.2) is 9.18 Å². The van der Waals surface area contributed by atoms with Crippen LogP contribution in [0.25, 0.3) is 11.1 Å². The van der Waals surface area contributed by atoms with Crippen molar-refractivity contribution in [1.82, 2.24) is 0 Å². The van der Waals surface area contributed by atoms with E-state index in [0.29, 0.717) is 21.2 Å². The van der Waals surface area contributed by atoms with Crippen LogP contribution >= 0.6 is 23.2 Å². The highest BCUT2D eigenvalue weighted by molar-refractivity contribution is 6.43. The van der Waals surface area contributed by atoms with Crippen molar-refractivity contribution in [2.45, 2.75) is 6.92 Å². The third kappa shape index (κ3) is 3.11. The van der Waals surface area contributed by atoms with Gasteiger partial charge in [0.15, 0.2) is 0 Å².